The van der Waals surface area contributed by atoms with Crippen molar-refractivity contribution in [2.24, 2.45) is 0 Å². The van der Waals surface area contributed by atoms with Crippen LogP contribution in [-0.4, -0.2) is 48.4 Å². The molecule has 1 N–H and O–H groups in total. The average Bonchev–Trinajstić information content (AvgIpc) is 2.66. The minimum Gasteiger partial charge on any atom is -0.390 e. The van der Waals surface area contributed by atoms with Gasteiger partial charge in [0.2, 0.25) is 0 Å². The summed E-state index contributed by atoms with van der Waals surface area (Å²) in [5, 5.41) is 12.4. The zero-order valence-electron chi connectivity index (χ0n) is 15.1. The first-order valence-corrected chi connectivity index (χ1v) is 9.13. The van der Waals surface area contributed by atoms with Crippen LogP contribution in [0.25, 0.3) is 0 Å². The van der Waals surface area contributed by atoms with Crippen molar-refractivity contribution in [2.45, 2.75) is 32.7 Å². The summed E-state index contributed by atoms with van der Waals surface area (Å²) in [5.41, 5.74) is 1.49. The maximum absolute atomic E-state index is 12.5. The van der Waals surface area contributed by atoms with Crippen LogP contribution >= 0.6 is 0 Å². The largest absolute Gasteiger partial charge is 0.390 e. The smallest absolute Gasteiger partial charge is 0.266 e. The number of rotatable bonds is 8. The minimum atomic E-state index is -0.162. The first-order chi connectivity index (χ1) is 12.2. The van der Waals surface area contributed by atoms with E-state index in [9.17, 15) is 10.1 Å². The highest BCUT2D eigenvalue weighted by Crippen LogP contribution is 2.10. The fraction of sp³-hybridized carbons (Fsp3) is 0.500. The molecule has 5 nitrogen and oxygen atoms in total. The first kappa shape index (κ1) is 19.0. The van der Waals surface area contributed by atoms with Gasteiger partial charge in [0.05, 0.1) is 0 Å². The molecule has 1 aliphatic heterocycles. The number of hydrogen-bond donors (Lipinski definition) is 1. The van der Waals surface area contributed by atoms with Gasteiger partial charge in [-0.25, -0.2) is 0 Å². The minimum absolute atomic E-state index is 0.162. The van der Waals surface area contributed by atoms with Crippen LogP contribution in [0.4, 0.5) is 0 Å². The second-order valence-corrected chi connectivity index (χ2v) is 6.38. The van der Waals surface area contributed by atoms with E-state index in [-0.39, 0.29) is 11.5 Å². The maximum atomic E-state index is 12.5. The molecule has 0 spiro atoms. The predicted molar refractivity (Wildman–Crippen MR) is 99.5 cm³/mol. The van der Waals surface area contributed by atoms with Gasteiger partial charge in [0.15, 0.2) is 0 Å². The van der Waals surface area contributed by atoms with Gasteiger partial charge < -0.3 is 10.2 Å². The van der Waals surface area contributed by atoms with Crippen LogP contribution in [0.5, 0.6) is 0 Å². The molecule has 1 saturated heterocycles. The number of piperazine rings is 1. The zero-order valence-corrected chi connectivity index (χ0v) is 15.1. The normalized spacial score (nSPS) is 15.7. The molecule has 1 aliphatic rings. The highest BCUT2D eigenvalue weighted by atomic mass is 16.2. The van der Waals surface area contributed by atoms with Crippen LogP contribution in [-0.2, 0) is 11.3 Å². The van der Waals surface area contributed by atoms with Crippen molar-refractivity contribution in [3.8, 4) is 6.07 Å². The Kier molecular flexibility index (Phi) is 8.00. The highest BCUT2D eigenvalue weighted by Gasteiger charge is 2.23. The Balaban J connectivity index is 1.79. The van der Waals surface area contributed by atoms with E-state index in [4.69, 9.17) is 0 Å². The number of benzene rings is 1. The molecule has 1 aromatic rings. The van der Waals surface area contributed by atoms with Crippen LogP contribution < -0.4 is 5.32 Å². The fourth-order valence-corrected chi connectivity index (χ4v) is 2.91. The summed E-state index contributed by atoms with van der Waals surface area (Å²) >= 11 is 0. The Hall–Kier alpha value is -2.32. The molecule has 0 saturated carbocycles. The molecule has 1 aromatic carbocycles. The van der Waals surface area contributed by atoms with Crippen molar-refractivity contribution in [1.29, 1.82) is 5.26 Å². The Morgan fingerprint density at radius 3 is 2.56 bits per heavy atom. The lowest BCUT2D eigenvalue weighted by atomic mass is 10.2. The zero-order chi connectivity index (χ0) is 17.9. The third-order valence-corrected chi connectivity index (χ3v) is 4.43. The Morgan fingerprint density at radius 1 is 1.20 bits per heavy atom. The molecule has 1 amide bonds. The third-order valence-electron chi connectivity index (χ3n) is 4.43. The number of carbonyl (C=O) groups excluding carboxylic acids is 1. The maximum Gasteiger partial charge on any atom is 0.266 e. The van der Waals surface area contributed by atoms with Gasteiger partial charge in [0, 0.05) is 45.5 Å². The molecule has 0 aliphatic carbocycles. The Morgan fingerprint density at radius 2 is 1.92 bits per heavy atom. The number of hydrogen-bond acceptors (Lipinski definition) is 4. The summed E-state index contributed by atoms with van der Waals surface area (Å²) in [6, 6.07) is 12.4. The van der Waals surface area contributed by atoms with E-state index in [1.54, 1.807) is 11.1 Å². The third kappa shape index (κ3) is 6.24. The summed E-state index contributed by atoms with van der Waals surface area (Å²) in [6.45, 7) is 6.87. The number of nitrogens with one attached hydrogen (secondary N) is 1. The molecule has 1 fully saturated rings. The molecule has 25 heavy (non-hydrogen) atoms. The van der Waals surface area contributed by atoms with Gasteiger partial charge in [-0.05, 0) is 12.0 Å². The number of nitrogens with zero attached hydrogens (tertiary/aromatic N) is 3. The van der Waals surface area contributed by atoms with Gasteiger partial charge in [-0.15, -0.1) is 0 Å². The van der Waals surface area contributed by atoms with E-state index in [1.165, 1.54) is 5.56 Å². The van der Waals surface area contributed by atoms with Crippen LogP contribution in [0.2, 0.25) is 0 Å². The second-order valence-electron chi connectivity index (χ2n) is 6.38. The molecule has 2 rings (SSSR count). The van der Waals surface area contributed by atoms with Gasteiger partial charge in [0.25, 0.3) is 5.91 Å². The number of unbranched alkanes of at least 4 members (excludes halogenated alkanes) is 2. The van der Waals surface area contributed by atoms with Crippen molar-refractivity contribution in [1.82, 2.24) is 15.1 Å². The standard InChI is InChI=1S/C20H28N4O/c1-2-3-7-10-22-16-19(15-21)20(25)24-13-11-23(12-14-24)17-18-8-5-4-6-9-18/h4-6,8-9,16,22H,2-3,7,10-14,17H2,1H3/b19-16-. The van der Waals surface area contributed by atoms with Crippen molar-refractivity contribution < 1.29 is 4.79 Å². The molecule has 0 atom stereocenters. The second kappa shape index (κ2) is 10.5. The van der Waals surface area contributed by atoms with Crippen molar-refractivity contribution >= 4 is 5.91 Å². The van der Waals surface area contributed by atoms with E-state index in [1.807, 2.05) is 24.3 Å². The van der Waals surface area contributed by atoms with Crippen LogP contribution in [0.1, 0.15) is 31.7 Å². The van der Waals surface area contributed by atoms with E-state index in [0.717, 1.165) is 45.4 Å². The van der Waals surface area contributed by atoms with Crippen molar-refractivity contribution in [3.63, 3.8) is 0 Å². The molecule has 134 valence electrons. The topological polar surface area (TPSA) is 59.4 Å². The molecule has 0 unspecified atom stereocenters. The first-order valence-electron chi connectivity index (χ1n) is 9.13. The van der Waals surface area contributed by atoms with E-state index < -0.39 is 0 Å². The van der Waals surface area contributed by atoms with Crippen LogP contribution in [0, 0.1) is 11.3 Å². The summed E-state index contributed by atoms with van der Waals surface area (Å²) in [7, 11) is 0. The van der Waals surface area contributed by atoms with Crippen LogP contribution in [0.15, 0.2) is 42.1 Å². The molecule has 0 aromatic heterocycles. The number of carbonyl (C=O) groups is 1. The molecular weight excluding hydrogens is 312 g/mol. The van der Waals surface area contributed by atoms with Crippen LogP contribution in [0.3, 0.4) is 0 Å². The summed E-state index contributed by atoms with van der Waals surface area (Å²) in [6.07, 6.45) is 4.94. The monoisotopic (exact) mass is 340 g/mol. The van der Waals surface area contributed by atoms with Gasteiger partial charge in [0.1, 0.15) is 11.6 Å². The summed E-state index contributed by atoms with van der Waals surface area (Å²) in [4.78, 5) is 16.6. The lowest BCUT2D eigenvalue weighted by Crippen LogP contribution is -2.48. The SMILES string of the molecule is CCCCCN/C=C(/C#N)C(=O)N1CCN(Cc2ccccc2)CC1. The molecular formula is C20H28N4O. The van der Waals surface area contributed by atoms with Gasteiger partial charge in [-0.1, -0.05) is 50.1 Å². The predicted octanol–water partition coefficient (Wildman–Crippen LogP) is 2.52. The fourth-order valence-electron chi connectivity index (χ4n) is 2.91. The summed E-state index contributed by atoms with van der Waals surface area (Å²) in [5.74, 6) is -0.162. The van der Waals surface area contributed by atoms with E-state index >= 15 is 0 Å². The Bertz CT molecular complexity index is 598. The van der Waals surface area contributed by atoms with Gasteiger partial charge in [-0.3, -0.25) is 9.69 Å². The molecule has 0 radical (unpaired) electrons. The number of amides is 1. The quantitative estimate of drug-likeness (QED) is 0.449. The number of nitriles is 1. The lowest BCUT2D eigenvalue weighted by molar-refractivity contribution is -0.128. The molecule has 1 heterocycles. The van der Waals surface area contributed by atoms with Gasteiger partial charge >= 0.3 is 0 Å². The van der Waals surface area contributed by atoms with Crippen molar-refractivity contribution in [2.75, 3.05) is 32.7 Å². The Labute approximate surface area is 150 Å². The van der Waals surface area contributed by atoms with E-state index in [2.05, 4.69) is 29.3 Å². The average molecular weight is 340 g/mol. The van der Waals surface area contributed by atoms with Gasteiger partial charge in [-0.2, -0.15) is 5.26 Å². The highest BCUT2D eigenvalue weighted by molar-refractivity contribution is 5.97. The lowest BCUT2D eigenvalue weighted by Gasteiger charge is -2.34. The van der Waals surface area contributed by atoms with Crippen molar-refractivity contribution in [3.05, 3.63) is 47.7 Å². The molecule has 0 bridgehead atoms. The summed E-state index contributed by atoms with van der Waals surface area (Å²) < 4.78 is 0. The molecule has 5 heteroatoms. The van der Waals surface area contributed by atoms with E-state index in [0.29, 0.717) is 13.1 Å².